The number of thiazole rings is 1. The summed E-state index contributed by atoms with van der Waals surface area (Å²) in [6.07, 6.45) is 1.63. The monoisotopic (exact) mass is 381 g/mol. The van der Waals surface area contributed by atoms with Crippen molar-refractivity contribution in [1.82, 2.24) is 4.98 Å². The molecule has 0 atom stereocenters. The van der Waals surface area contributed by atoms with Crippen molar-refractivity contribution in [1.29, 1.82) is 0 Å². The number of rotatable bonds is 3. The lowest BCUT2D eigenvalue weighted by molar-refractivity contribution is 0.102. The van der Waals surface area contributed by atoms with Crippen LogP contribution in [0.3, 0.4) is 0 Å². The Hall–Kier alpha value is -2.96. The van der Waals surface area contributed by atoms with Gasteiger partial charge in [-0.1, -0.05) is 41.9 Å². The molecule has 2 aromatic carbocycles. The van der Waals surface area contributed by atoms with Crippen LogP contribution in [0.4, 0.5) is 10.8 Å². The number of aromatic nitrogens is 1. The van der Waals surface area contributed by atoms with Gasteiger partial charge in [0.25, 0.3) is 5.91 Å². The van der Waals surface area contributed by atoms with Crippen LogP contribution in [0.2, 0.25) is 5.02 Å². The van der Waals surface area contributed by atoms with Gasteiger partial charge in [0, 0.05) is 17.0 Å². The van der Waals surface area contributed by atoms with Crippen molar-refractivity contribution in [3.8, 4) is 0 Å². The quantitative estimate of drug-likeness (QED) is 0.541. The van der Waals surface area contributed by atoms with E-state index in [4.69, 9.17) is 16.0 Å². The summed E-state index contributed by atoms with van der Waals surface area (Å²) in [4.78, 5) is 21.3. The normalized spacial score (nSPS) is 11.7. The molecule has 1 N–H and O–H groups in total. The molecule has 0 saturated carbocycles. The predicted octanol–water partition coefficient (Wildman–Crippen LogP) is 5.03. The van der Waals surface area contributed by atoms with Gasteiger partial charge in [0.15, 0.2) is 5.13 Å². The molecule has 0 aliphatic rings. The van der Waals surface area contributed by atoms with E-state index in [-0.39, 0.29) is 11.5 Å². The largest absolute Gasteiger partial charge is 0.438 e. The van der Waals surface area contributed by atoms with Gasteiger partial charge < -0.3 is 4.42 Å². The number of nitrogens with zero attached hydrogens (tertiary/aromatic N) is 2. The predicted molar refractivity (Wildman–Crippen MR) is 103 cm³/mol. The molecule has 7 heteroatoms. The van der Waals surface area contributed by atoms with Crippen LogP contribution in [0.5, 0.6) is 0 Å². The molecule has 0 bridgehead atoms. The minimum absolute atomic E-state index is 0.186. The summed E-state index contributed by atoms with van der Waals surface area (Å²) in [7, 11) is 0. The molecule has 0 unspecified atom stereocenters. The first-order valence-electron chi connectivity index (χ1n) is 7.74. The zero-order valence-corrected chi connectivity index (χ0v) is 14.9. The standard InChI is InChI=1S/C19H12ClN3O2S/c20-14-6-2-3-7-15(14)22-18-13(17(24)23-19-21-9-10-26-19)11-12-5-1-4-8-16(12)25-18/h1-11H,(H,21,23,24). The first-order chi connectivity index (χ1) is 12.7. The molecule has 5 nitrogen and oxygen atoms in total. The van der Waals surface area contributed by atoms with Crippen molar-refractivity contribution < 1.29 is 9.21 Å². The number of hydrogen-bond acceptors (Lipinski definition) is 5. The molecule has 1 amide bonds. The molecule has 0 spiro atoms. The third-order valence-corrected chi connectivity index (χ3v) is 4.64. The molecule has 0 fully saturated rings. The molecule has 2 aromatic heterocycles. The second kappa shape index (κ2) is 7.11. The molecule has 4 aromatic rings. The summed E-state index contributed by atoms with van der Waals surface area (Å²) >= 11 is 7.53. The maximum atomic E-state index is 12.8. The number of halogens is 1. The summed E-state index contributed by atoms with van der Waals surface area (Å²) in [5.41, 5.74) is 1.64. The van der Waals surface area contributed by atoms with E-state index in [9.17, 15) is 4.79 Å². The van der Waals surface area contributed by atoms with Crippen LogP contribution in [0.25, 0.3) is 11.0 Å². The molecule has 26 heavy (non-hydrogen) atoms. The van der Waals surface area contributed by atoms with Gasteiger partial charge in [0.2, 0.25) is 5.55 Å². The van der Waals surface area contributed by atoms with E-state index in [2.05, 4.69) is 15.3 Å². The third kappa shape index (κ3) is 3.37. The highest BCUT2D eigenvalue weighted by molar-refractivity contribution is 7.13. The average molecular weight is 382 g/mol. The molecule has 128 valence electrons. The van der Waals surface area contributed by atoms with Crippen molar-refractivity contribution >= 4 is 50.6 Å². The summed E-state index contributed by atoms with van der Waals surface area (Å²) in [6.45, 7) is 0. The van der Waals surface area contributed by atoms with Gasteiger partial charge in [-0.2, -0.15) is 0 Å². The zero-order valence-electron chi connectivity index (χ0n) is 13.3. The minimum atomic E-state index is -0.347. The number of amides is 1. The van der Waals surface area contributed by atoms with E-state index in [1.807, 2.05) is 36.4 Å². The molecule has 0 radical (unpaired) electrons. The van der Waals surface area contributed by atoms with Crippen LogP contribution in [0.1, 0.15) is 10.4 Å². The van der Waals surface area contributed by atoms with E-state index >= 15 is 0 Å². The molecule has 2 heterocycles. The Balaban J connectivity index is 1.89. The number of carbonyl (C=O) groups excluding carboxylic acids is 1. The van der Waals surface area contributed by atoms with Crippen LogP contribution in [0.15, 0.2) is 75.6 Å². The maximum absolute atomic E-state index is 12.8. The third-order valence-electron chi connectivity index (χ3n) is 3.63. The van der Waals surface area contributed by atoms with Crippen molar-refractivity contribution in [2.45, 2.75) is 0 Å². The molecule has 0 aliphatic heterocycles. The summed E-state index contributed by atoms with van der Waals surface area (Å²) in [6, 6.07) is 16.3. The van der Waals surface area contributed by atoms with E-state index in [1.54, 1.807) is 29.8 Å². The summed E-state index contributed by atoms with van der Waals surface area (Å²) in [5, 5.41) is 6.33. The van der Waals surface area contributed by atoms with Crippen LogP contribution in [0, 0.1) is 0 Å². The fourth-order valence-electron chi connectivity index (χ4n) is 2.42. The van der Waals surface area contributed by atoms with Gasteiger partial charge in [0.1, 0.15) is 11.1 Å². The fourth-order valence-corrected chi connectivity index (χ4v) is 3.12. The Morgan fingerprint density at radius 3 is 2.77 bits per heavy atom. The van der Waals surface area contributed by atoms with Crippen molar-refractivity contribution in [2.75, 3.05) is 5.32 Å². The molecular formula is C19H12ClN3O2S. The first-order valence-corrected chi connectivity index (χ1v) is 8.99. The van der Waals surface area contributed by atoms with Gasteiger partial charge in [-0.15, -0.1) is 11.3 Å². The van der Waals surface area contributed by atoms with E-state index < -0.39 is 0 Å². The summed E-state index contributed by atoms with van der Waals surface area (Å²) < 4.78 is 5.89. The van der Waals surface area contributed by atoms with Crippen LogP contribution in [-0.4, -0.2) is 10.9 Å². The first kappa shape index (κ1) is 16.5. The summed E-state index contributed by atoms with van der Waals surface area (Å²) in [5.74, 6) is -0.347. The SMILES string of the molecule is O=C(Nc1nccs1)c1cc2ccccc2oc1=Nc1ccccc1Cl. The number of anilines is 1. The van der Waals surface area contributed by atoms with Gasteiger partial charge in [0.05, 0.1) is 10.7 Å². The van der Waals surface area contributed by atoms with Gasteiger partial charge >= 0.3 is 0 Å². The molecule has 0 saturated heterocycles. The number of para-hydroxylation sites is 2. The second-order valence-corrected chi connectivity index (χ2v) is 6.66. The van der Waals surface area contributed by atoms with Gasteiger partial charge in [-0.25, -0.2) is 9.98 Å². The number of fused-ring (bicyclic) bond motifs is 1. The fraction of sp³-hybridized carbons (Fsp3) is 0. The number of benzene rings is 2. The smallest absolute Gasteiger partial charge is 0.262 e. The van der Waals surface area contributed by atoms with E-state index in [0.717, 1.165) is 5.39 Å². The Morgan fingerprint density at radius 2 is 1.96 bits per heavy atom. The number of carbonyl (C=O) groups is 1. The van der Waals surface area contributed by atoms with Gasteiger partial charge in [-0.3, -0.25) is 10.1 Å². The second-order valence-electron chi connectivity index (χ2n) is 5.36. The average Bonchev–Trinajstić information content (AvgIpc) is 3.16. The minimum Gasteiger partial charge on any atom is -0.438 e. The Bertz CT molecular complexity index is 1150. The van der Waals surface area contributed by atoms with E-state index in [0.29, 0.717) is 27.0 Å². The highest BCUT2D eigenvalue weighted by Crippen LogP contribution is 2.23. The zero-order chi connectivity index (χ0) is 17.9. The lowest BCUT2D eigenvalue weighted by Gasteiger charge is -2.05. The van der Waals surface area contributed by atoms with E-state index in [1.165, 1.54) is 11.3 Å². The van der Waals surface area contributed by atoms with Gasteiger partial charge in [-0.05, 0) is 24.3 Å². The maximum Gasteiger partial charge on any atom is 0.262 e. The number of nitrogens with one attached hydrogen (secondary N) is 1. The lowest BCUT2D eigenvalue weighted by Crippen LogP contribution is -2.21. The van der Waals surface area contributed by atoms with Crippen molar-refractivity contribution in [3.05, 3.63) is 82.3 Å². The van der Waals surface area contributed by atoms with Crippen LogP contribution >= 0.6 is 22.9 Å². The highest BCUT2D eigenvalue weighted by Gasteiger charge is 2.14. The molecule has 0 aliphatic carbocycles. The Morgan fingerprint density at radius 1 is 1.15 bits per heavy atom. The highest BCUT2D eigenvalue weighted by atomic mass is 35.5. The van der Waals surface area contributed by atoms with Crippen molar-refractivity contribution in [2.24, 2.45) is 4.99 Å². The Kier molecular flexibility index (Phi) is 4.51. The number of hydrogen-bond donors (Lipinski definition) is 1. The lowest BCUT2D eigenvalue weighted by atomic mass is 10.2. The Labute approximate surface area is 157 Å². The molecular weight excluding hydrogens is 370 g/mol. The molecule has 4 rings (SSSR count). The topological polar surface area (TPSA) is 67.5 Å². The van der Waals surface area contributed by atoms with Crippen LogP contribution < -0.4 is 10.9 Å². The van der Waals surface area contributed by atoms with Crippen LogP contribution in [-0.2, 0) is 0 Å². The van der Waals surface area contributed by atoms with Crippen molar-refractivity contribution in [3.63, 3.8) is 0 Å².